The van der Waals surface area contributed by atoms with Crippen molar-refractivity contribution in [1.82, 2.24) is 9.97 Å². The third-order valence-electron chi connectivity index (χ3n) is 3.98. The Balaban J connectivity index is 1.49. The van der Waals surface area contributed by atoms with Crippen LogP contribution in [0.3, 0.4) is 0 Å². The Labute approximate surface area is 168 Å². The average Bonchev–Trinajstić information content (AvgIpc) is 2.78. The molecule has 0 spiro atoms. The van der Waals surface area contributed by atoms with E-state index in [0.29, 0.717) is 30.4 Å². The molecule has 8 heteroatoms. The molecule has 3 aromatic rings. The van der Waals surface area contributed by atoms with E-state index in [1.807, 2.05) is 24.3 Å². The molecule has 1 aromatic heterocycles. The van der Waals surface area contributed by atoms with Gasteiger partial charge in [0.2, 0.25) is 0 Å². The van der Waals surface area contributed by atoms with Crippen molar-refractivity contribution in [3.8, 4) is 17.2 Å². The fourth-order valence-electron chi connectivity index (χ4n) is 2.47. The molecule has 0 saturated carbocycles. The van der Waals surface area contributed by atoms with Gasteiger partial charge in [0.25, 0.3) is 5.91 Å². The molecule has 2 N–H and O–H groups in total. The molecule has 0 fully saturated rings. The zero-order valence-electron chi connectivity index (χ0n) is 16.2. The lowest BCUT2D eigenvalue weighted by molar-refractivity contribution is 0.102. The zero-order chi connectivity index (χ0) is 20.5. The first-order valence-corrected chi connectivity index (χ1v) is 8.96. The maximum atomic E-state index is 12.4. The van der Waals surface area contributed by atoms with Crippen LogP contribution in [0.25, 0.3) is 0 Å². The monoisotopic (exact) mass is 394 g/mol. The minimum absolute atomic E-state index is 0.259. The van der Waals surface area contributed by atoms with Gasteiger partial charge < -0.3 is 24.8 Å². The van der Waals surface area contributed by atoms with Crippen LogP contribution in [-0.2, 0) is 0 Å². The third kappa shape index (κ3) is 5.83. The second-order valence-corrected chi connectivity index (χ2v) is 5.92. The molecular formula is C21H22N4O4. The van der Waals surface area contributed by atoms with Crippen molar-refractivity contribution in [3.05, 3.63) is 66.6 Å². The summed E-state index contributed by atoms with van der Waals surface area (Å²) in [6.45, 7) is 0.951. The number of methoxy groups -OCH3 is 2. The summed E-state index contributed by atoms with van der Waals surface area (Å²) in [5.74, 6) is 2.45. The molecule has 1 heterocycles. The number of nitrogens with zero attached hydrogens (tertiary/aromatic N) is 2. The van der Waals surface area contributed by atoms with Gasteiger partial charge in [-0.05, 0) is 48.5 Å². The smallest absolute Gasteiger partial charge is 0.274 e. The van der Waals surface area contributed by atoms with Gasteiger partial charge in [-0.15, -0.1) is 0 Å². The van der Waals surface area contributed by atoms with Crippen molar-refractivity contribution in [2.24, 2.45) is 0 Å². The summed E-state index contributed by atoms with van der Waals surface area (Å²) >= 11 is 0. The lowest BCUT2D eigenvalue weighted by Crippen LogP contribution is -2.16. The van der Waals surface area contributed by atoms with Gasteiger partial charge >= 0.3 is 0 Å². The highest BCUT2D eigenvalue weighted by Gasteiger charge is 2.09. The molecule has 0 saturated heterocycles. The topological polar surface area (TPSA) is 94.6 Å². The predicted octanol–water partition coefficient (Wildman–Crippen LogP) is 3.24. The van der Waals surface area contributed by atoms with Crippen LogP contribution in [0.15, 0.2) is 60.9 Å². The number of carbonyl (C=O) groups is 1. The molecule has 2 aromatic carbocycles. The minimum atomic E-state index is -0.324. The Bertz CT molecular complexity index is 930. The van der Waals surface area contributed by atoms with Crippen LogP contribution < -0.4 is 24.8 Å². The molecular weight excluding hydrogens is 372 g/mol. The van der Waals surface area contributed by atoms with Crippen molar-refractivity contribution in [1.29, 1.82) is 0 Å². The standard InChI is InChI=1S/C21H22N4O4/c1-27-16-5-3-15(4-6-16)25-21(26)19-13-20(24-14-23-19)22-11-12-29-18-9-7-17(28-2)8-10-18/h3-10,13-14H,11-12H2,1-2H3,(H,25,26)(H,22,23,24). The number of ether oxygens (including phenoxy) is 3. The number of benzene rings is 2. The third-order valence-corrected chi connectivity index (χ3v) is 3.98. The highest BCUT2D eigenvalue weighted by molar-refractivity contribution is 6.03. The van der Waals surface area contributed by atoms with Crippen molar-refractivity contribution >= 4 is 17.4 Å². The molecule has 1 amide bonds. The number of nitrogens with one attached hydrogen (secondary N) is 2. The van der Waals surface area contributed by atoms with Gasteiger partial charge in [-0.2, -0.15) is 0 Å². The van der Waals surface area contributed by atoms with Crippen LogP contribution in [0.4, 0.5) is 11.5 Å². The van der Waals surface area contributed by atoms with Crippen LogP contribution in [0.5, 0.6) is 17.2 Å². The number of hydrogen-bond acceptors (Lipinski definition) is 7. The summed E-state index contributed by atoms with van der Waals surface area (Å²) in [6.07, 6.45) is 1.34. The molecule has 0 aliphatic rings. The maximum absolute atomic E-state index is 12.4. The first-order chi connectivity index (χ1) is 14.2. The van der Waals surface area contributed by atoms with Crippen molar-refractivity contribution < 1.29 is 19.0 Å². The second-order valence-electron chi connectivity index (χ2n) is 5.92. The van der Waals surface area contributed by atoms with E-state index in [-0.39, 0.29) is 11.6 Å². The Hall–Kier alpha value is -3.81. The number of carbonyl (C=O) groups excluding carboxylic acids is 1. The van der Waals surface area contributed by atoms with E-state index < -0.39 is 0 Å². The van der Waals surface area contributed by atoms with Crippen LogP contribution in [0, 0.1) is 0 Å². The van der Waals surface area contributed by atoms with E-state index in [0.717, 1.165) is 11.5 Å². The summed E-state index contributed by atoms with van der Waals surface area (Å²) < 4.78 is 15.9. The molecule has 0 unspecified atom stereocenters. The largest absolute Gasteiger partial charge is 0.497 e. The first-order valence-electron chi connectivity index (χ1n) is 8.96. The van der Waals surface area contributed by atoms with E-state index >= 15 is 0 Å². The molecule has 3 rings (SSSR count). The molecule has 150 valence electrons. The predicted molar refractivity (Wildman–Crippen MR) is 110 cm³/mol. The van der Waals surface area contributed by atoms with Crippen molar-refractivity contribution in [2.45, 2.75) is 0 Å². The quantitative estimate of drug-likeness (QED) is 0.538. The molecule has 8 nitrogen and oxygen atoms in total. The number of anilines is 2. The Morgan fingerprint density at radius 1 is 0.897 bits per heavy atom. The summed E-state index contributed by atoms with van der Waals surface area (Å²) in [4.78, 5) is 20.6. The maximum Gasteiger partial charge on any atom is 0.274 e. The molecule has 0 atom stereocenters. The number of hydrogen-bond donors (Lipinski definition) is 2. The molecule has 29 heavy (non-hydrogen) atoms. The van der Waals surface area contributed by atoms with Crippen LogP contribution in [-0.4, -0.2) is 43.2 Å². The van der Waals surface area contributed by atoms with Gasteiger partial charge in [0.05, 0.1) is 20.8 Å². The van der Waals surface area contributed by atoms with Gasteiger partial charge in [0, 0.05) is 11.8 Å². The molecule has 0 bridgehead atoms. The number of amides is 1. The number of rotatable bonds is 9. The minimum Gasteiger partial charge on any atom is -0.497 e. The van der Waals surface area contributed by atoms with Gasteiger partial charge in [-0.25, -0.2) is 9.97 Å². The molecule has 0 aliphatic carbocycles. The van der Waals surface area contributed by atoms with Crippen LogP contribution in [0.1, 0.15) is 10.5 Å². The Morgan fingerprint density at radius 3 is 2.17 bits per heavy atom. The fraction of sp³-hybridized carbons (Fsp3) is 0.190. The van der Waals surface area contributed by atoms with E-state index in [9.17, 15) is 4.79 Å². The van der Waals surface area contributed by atoms with Crippen molar-refractivity contribution in [2.75, 3.05) is 38.0 Å². The van der Waals surface area contributed by atoms with Gasteiger partial charge in [0.15, 0.2) is 0 Å². The zero-order valence-corrected chi connectivity index (χ0v) is 16.2. The van der Waals surface area contributed by atoms with Crippen molar-refractivity contribution in [3.63, 3.8) is 0 Å². The first kappa shape index (κ1) is 19.9. The lowest BCUT2D eigenvalue weighted by Gasteiger charge is -2.09. The van der Waals surface area contributed by atoms with Gasteiger partial charge in [-0.3, -0.25) is 4.79 Å². The number of aromatic nitrogens is 2. The van der Waals surface area contributed by atoms with E-state index in [1.54, 1.807) is 44.6 Å². The normalized spacial score (nSPS) is 10.1. The highest BCUT2D eigenvalue weighted by Crippen LogP contribution is 2.17. The van der Waals surface area contributed by atoms with E-state index in [1.165, 1.54) is 6.33 Å². The van der Waals surface area contributed by atoms with Gasteiger partial charge in [-0.1, -0.05) is 0 Å². The van der Waals surface area contributed by atoms with Crippen LogP contribution in [0.2, 0.25) is 0 Å². The SMILES string of the molecule is COc1ccc(NC(=O)c2cc(NCCOc3ccc(OC)cc3)ncn2)cc1. The van der Waals surface area contributed by atoms with Crippen LogP contribution >= 0.6 is 0 Å². The van der Waals surface area contributed by atoms with Gasteiger partial charge in [0.1, 0.15) is 41.7 Å². The van der Waals surface area contributed by atoms with E-state index in [2.05, 4.69) is 20.6 Å². The Kier molecular flexibility index (Phi) is 6.83. The molecule has 0 radical (unpaired) electrons. The summed E-state index contributed by atoms with van der Waals surface area (Å²) in [5.41, 5.74) is 0.909. The summed E-state index contributed by atoms with van der Waals surface area (Å²) in [6, 6.07) is 16.0. The summed E-state index contributed by atoms with van der Waals surface area (Å²) in [7, 11) is 3.21. The Morgan fingerprint density at radius 2 is 1.52 bits per heavy atom. The summed E-state index contributed by atoms with van der Waals surface area (Å²) in [5, 5.41) is 5.90. The molecule has 0 aliphatic heterocycles. The lowest BCUT2D eigenvalue weighted by atomic mass is 10.3. The van der Waals surface area contributed by atoms with E-state index in [4.69, 9.17) is 14.2 Å². The average molecular weight is 394 g/mol. The second kappa shape index (κ2) is 9.93. The fourth-order valence-corrected chi connectivity index (χ4v) is 2.47. The highest BCUT2D eigenvalue weighted by atomic mass is 16.5.